The number of aromatic carboxylic acids is 1. The van der Waals surface area contributed by atoms with Gasteiger partial charge >= 0.3 is 5.97 Å². The zero-order valence-electron chi connectivity index (χ0n) is 24.8. The highest BCUT2D eigenvalue weighted by Gasteiger charge is 2.72. The number of nitrogens with zero attached hydrogens (tertiary/aromatic N) is 2. The summed E-state index contributed by atoms with van der Waals surface area (Å²) in [5, 5.41) is 12.9. The zero-order chi connectivity index (χ0) is 31.9. The summed E-state index contributed by atoms with van der Waals surface area (Å²) in [4.78, 5) is 44.6. The zero-order valence-corrected chi connectivity index (χ0v) is 26.3. The summed E-state index contributed by atoms with van der Waals surface area (Å²) in [5.41, 5.74) is 0.0471. The SMILES string of the molecule is COc1cc(C(=O)O)ccc1N1C(=O)[C@H]2[C@H](c3cccc(Cl)c3F)C3(C(=O)Nc4cc(Cl)ccc43)[C@H](CC(C)(C)C)N2[C@@H]1C. The van der Waals surface area contributed by atoms with Crippen LogP contribution < -0.4 is 15.0 Å². The van der Waals surface area contributed by atoms with Gasteiger partial charge in [0, 0.05) is 22.7 Å². The lowest BCUT2D eigenvalue weighted by Crippen LogP contribution is -2.54. The first-order valence-electron chi connectivity index (χ1n) is 14.3. The van der Waals surface area contributed by atoms with Crippen molar-refractivity contribution >= 4 is 52.4 Å². The van der Waals surface area contributed by atoms with Crippen molar-refractivity contribution in [2.24, 2.45) is 5.41 Å². The van der Waals surface area contributed by atoms with Crippen molar-refractivity contribution in [3.63, 3.8) is 0 Å². The molecular formula is C33H32Cl2FN3O5. The van der Waals surface area contributed by atoms with E-state index in [-0.39, 0.29) is 39.1 Å². The molecule has 6 rings (SSSR count). The first-order chi connectivity index (χ1) is 20.7. The minimum absolute atomic E-state index is 0.00623. The van der Waals surface area contributed by atoms with Crippen LogP contribution in [0.25, 0.3) is 0 Å². The van der Waals surface area contributed by atoms with Crippen molar-refractivity contribution in [2.75, 3.05) is 17.3 Å². The number of carboxylic acid groups (broad SMARTS) is 1. The van der Waals surface area contributed by atoms with E-state index in [1.165, 1.54) is 25.3 Å². The van der Waals surface area contributed by atoms with Crippen molar-refractivity contribution < 1.29 is 28.6 Å². The number of methoxy groups -OCH3 is 1. The van der Waals surface area contributed by atoms with Crippen molar-refractivity contribution in [1.82, 2.24) is 4.90 Å². The number of carboxylic acids is 1. The van der Waals surface area contributed by atoms with Gasteiger partial charge in [0.15, 0.2) is 0 Å². The summed E-state index contributed by atoms with van der Waals surface area (Å²) >= 11 is 12.7. The second kappa shape index (κ2) is 10.5. The molecule has 3 aromatic rings. The number of hydrogen-bond acceptors (Lipinski definition) is 5. The van der Waals surface area contributed by atoms with E-state index in [0.717, 1.165) is 0 Å². The lowest BCUT2D eigenvalue weighted by atomic mass is 9.62. The Morgan fingerprint density at radius 3 is 2.50 bits per heavy atom. The van der Waals surface area contributed by atoms with E-state index >= 15 is 4.39 Å². The Morgan fingerprint density at radius 2 is 1.84 bits per heavy atom. The van der Waals surface area contributed by atoms with Crippen molar-refractivity contribution in [1.29, 1.82) is 0 Å². The van der Waals surface area contributed by atoms with Gasteiger partial charge in [-0.2, -0.15) is 0 Å². The summed E-state index contributed by atoms with van der Waals surface area (Å²) in [6, 6.07) is 12.6. The summed E-state index contributed by atoms with van der Waals surface area (Å²) in [5.74, 6) is -3.29. The van der Waals surface area contributed by atoms with Crippen LogP contribution in [0.3, 0.4) is 0 Å². The van der Waals surface area contributed by atoms with E-state index in [2.05, 4.69) is 26.1 Å². The van der Waals surface area contributed by atoms with Crippen LogP contribution in [0.2, 0.25) is 10.0 Å². The van der Waals surface area contributed by atoms with Crippen LogP contribution >= 0.6 is 23.2 Å². The molecule has 2 fully saturated rings. The number of carbonyl (C=O) groups excluding carboxylic acids is 2. The Labute approximate surface area is 264 Å². The van der Waals surface area contributed by atoms with Gasteiger partial charge in [-0.1, -0.05) is 62.2 Å². The number of rotatable bonds is 5. The standard InChI is InChI=1S/C33H32Cl2FN3O5/c1-16-38(23-12-9-17(30(41)42)13-24(23)44-5)29(40)28-26(19-7-6-8-21(35)27(19)36)33(25(39(16)28)15-32(2,3)4)20-11-10-18(34)14-22(20)37-31(33)43/h6-14,16,25-26,28H,15H2,1-5H3,(H,37,43)(H,41,42)/t16-,25+,26+,28-,33?/m1/s1. The van der Waals surface area contributed by atoms with E-state index in [1.807, 2.05) is 11.8 Å². The van der Waals surface area contributed by atoms with Gasteiger partial charge in [-0.25, -0.2) is 9.18 Å². The Bertz CT molecular complexity index is 1730. The molecule has 230 valence electrons. The van der Waals surface area contributed by atoms with Crippen LogP contribution in [-0.2, 0) is 15.0 Å². The molecule has 0 radical (unpaired) electrons. The lowest BCUT2D eigenvalue weighted by molar-refractivity contribution is -0.122. The molecule has 0 saturated carbocycles. The van der Waals surface area contributed by atoms with Crippen LogP contribution in [-0.4, -0.2) is 53.1 Å². The van der Waals surface area contributed by atoms with E-state index in [1.54, 1.807) is 41.3 Å². The number of fused-ring (bicyclic) bond motifs is 3. The molecule has 8 nitrogen and oxygen atoms in total. The maximum atomic E-state index is 16.2. The number of ether oxygens (including phenoxy) is 1. The quantitative estimate of drug-likeness (QED) is 0.322. The van der Waals surface area contributed by atoms with Crippen LogP contribution in [0.1, 0.15) is 61.5 Å². The van der Waals surface area contributed by atoms with Crippen LogP contribution in [0, 0.1) is 11.2 Å². The molecule has 11 heteroatoms. The predicted octanol–water partition coefficient (Wildman–Crippen LogP) is 6.69. The Balaban J connectivity index is 1.63. The Hall–Kier alpha value is -3.66. The van der Waals surface area contributed by atoms with Gasteiger partial charge in [-0.3, -0.25) is 19.4 Å². The van der Waals surface area contributed by atoms with Gasteiger partial charge < -0.3 is 15.2 Å². The number of hydrogen-bond donors (Lipinski definition) is 2. The summed E-state index contributed by atoms with van der Waals surface area (Å²) in [7, 11) is 1.41. The second-order valence-corrected chi connectivity index (χ2v) is 13.7. The third-order valence-corrected chi connectivity index (χ3v) is 9.70. The van der Waals surface area contributed by atoms with Crippen molar-refractivity contribution in [3.05, 3.63) is 87.2 Å². The molecule has 3 heterocycles. The third kappa shape index (κ3) is 4.31. The lowest BCUT2D eigenvalue weighted by Gasteiger charge is -2.42. The molecule has 2 N–H and O–H groups in total. The fraction of sp³-hybridized carbons (Fsp3) is 0.364. The molecule has 0 aliphatic carbocycles. The second-order valence-electron chi connectivity index (χ2n) is 12.8. The molecule has 3 aliphatic heterocycles. The fourth-order valence-corrected chi connectivity index (χ4v) is 7.95. The normalized spacial score (nSPS) is 26.2. The minimum atomic E-state index is -1.36. The molecule has 2 saturated heterocycles. The van der Waals surface area contributed by atoms with E-state index in [9.17, 15) is 19.5 Å². The number of nitrogens with one attached hydrogen (secondary N) is 1. The number of benzene rings is 3. The van der Waals surface area contributed by atoms with E-state index < -0.39 is 41.4 Å². The smallest absolute Gasteiger partial charge is 0.335 e. The molecule has 44 heavy (non-hydrogen) atoms. The molecular weight excluding hydrogens is 608 g/mol. The largest absolute Gasteiger partial charge is 0.495 e. The topological polar surface area (TPSA) is 99.2 Å². The highest BCUT2D eigenvalue weighted by molar-refractivity contribution is 6.31. The molecule has 5 atom stereocenters. The van der Waals surface area contributed by atoms with Gasteiger partial charge in [0.25, 0.3) is 0 Å². The van der Waals surface area contributed by atoms with Gasteiger partial charge in [-0.05, 0) is 66.3 Å². The van der Waals surface area contributed by atoms with Crippen molar-refractivity contribution in [3.8, 4) is 5.75 Å². The average Bonchev–Trinajstić information content (AvgIpc) is 3.50. The average molecular weight is 641 g/mol. The Kier molecular flexibility index (Phi) is 7.22. The minimum Gasteiger partial charge on any atom is -0.495 e. The highest BCUT2D eigenvalue weighted by atomic mass is 35.5. The van der Waals surface area contributed by atoms with Gasteiger partial charge in [0.1, 0.15) is 23.0 Å². The molecule has 1 spiro atoms. The molecule has 1 unspecified atom stereocenters. The number of carbonyl (C=O) groups is 3. The molecule has 2 amide bonds. The van der Waals surface area contributed by atoms with E-state index in [0.29, 0.717) is 28.4 Å². The molecule has 0 bridgehead atoms. The Morgan fingerprint density at radius 1 is 1.11 bits per heavy atom. The summed E-state index contributed by atoms with van der Waals surface area (Å²) in [6.07, 6.45) is -0.129. The summed E-state index contributed by atoms with van der Waals surface area (Å²) < 4.78 is 21.7. The molecule has 0 aromatic heterocycles. The monoisotopic (exact) mass is 639 g/mol. The number of halogens is 3. The number of amides is 2. The highest BCUT2D eigenvalue weighted by Crippen LogP contribution is 2.63. The molecule has 3 aromatic carbocycles. The van der Waals surface area contributed by atoms with Crippen LogP contribution in [0.5, 0.6) is 5.75 Å². The van der Waals surface area contributed by atoms with Crippen LogP contribution in [0.4, 0.5) is 15.8 Å². The predicted molar refractivity (Wildman–Crippen MR) is 166 cm³/mol. The number of anilines is 2. The van der Waals surface area contributed by atoms with Gasteiger partial charge in [0.05, 0.1) is 29.5 Å². The van der Waals surface area contributed by atoms with Crippen LogP contribution in [0.15, 0.2) is 54.6 Å². The van der Waals surface area contributed by atoms with Gasteiger partial charge in [-0.15, -0.1) is 0 Å². The maximum absolute atomic E-state index is 16.2. The first kappa shape index (κ1) is 30.4. The third-order valence-electron chi connectivity index (χ3n) is 9.17. The van der Waals surface area contributed by atoms with E-state index in [4.69, 9.17) is 27.9 Å². The maximum Gasteiger partial charge on any atom is 0.335 e. The fourth-order valence-electron chi connectivity index (χ4n) is 7.60. The first-order valence-corrected chi connectivity index (χ1v) is 15.0. The van der Waals surface area contributed by atoms with Gasteiger partial charge in [0.2, 0.25) is 11.8 Å². The summed E-state index contributed by atoms with van der Waals surface area (Å²) in [6.45, 7) is 8.05. The van der Waals surface area contributed by atoms with Crippen molar-refractivity contribution in [2.45, 2.75) is 63.7 Å². The molecule has 3 aliphatic rings.